The van der Waals surface area contributed by atoms with Crippen LogP contribution < -0.4 is 66.7 Å². The van der Waals surface area contributed by atoms with Gasteiger partial charge in [-0.2, -0.15) is 0 Å². The molecule has 0 spiro atoms. The molecule has 2 saturated heterocycles. The molecule has 54 heavy (non-hydrogen) atoms. The van der Waals surface area contributed by atoms with Gasteiger partial charge in [0.15, 0.2) is 16.7 Å². The number of aromatic nitrogens is 2. The van der Waals surface area contributed by atoms with E-state index >= 15 is 8.78 Å². The van der Waals surface area contributed by atoms with Crippen LogP contribution in [0.25, 0.3) is 10.9 Å². The number of halogens is 2. The average molecular weight is 796 g/mol. The third kappa shape index (κ3) is 7.46. The molecule has 1 saturated carbocycles. The molecule has 3 atom stereocenters. The van der Waals surface area contributed by atoms with Crippen LogP contribution in [0, 0.1) is 11.6 Å². The zero-order chi connectivity index (χ0) is 37.7. The fourth-order valence-corrected chi connectivity index (χ4v) is 8.74. The second kappa shape index (κ2) is 15.7. The molecule has 5 heterocycles. The van der Waals surface area contributed by atoms with Gasteiger partial charge in [0.2, 0.25) is 5.43 Å². The Labute approximate surface area is 335 Å². The molecule has 7 rings (SSSR count). The Morgan fingerprint density at radius 2 is 1.94 bits per heavy atom. The molecule has 3 unspecified atom stereocenters. The number of rotatable bonds is 11. The fourth-order valence-electron chi connectivity index (χ4n) is 6.83. The van der Waals surface area contributed by atoms with Crippen LogP contribution in [0.2, 0.25) is 0 Å². The number of aliphatic carboxylic acids is 1. The van der Waals surface area contributed by atoms with Crippen molar-refractivity contribution in [3.63, 3.8) is 0 Å². The molecule has 3 fully saturated rings. The van der Waals surface area contributed by atoms with Crippen molar-refractivity contribution in [2.75, 3.05) is 49.7 Å². The number of thiazole rings is 1. The van der Waals surface area contributed by atoms with Crippen molar-refractivity contribution >= 4 is 74.4 Å². The zero-order valence-corrected chi connectivity index (χ0v) is 32.5. The molecule has 3 amide bonds. The van der Waals surface area contributed by atoms with Gasteiger partial charge in [0.25, 0.3) is 5.91 Å². The number of urea groups is 1. The first-order valence-electron chi connectivity index (χ1n) is 16.4. The van der Waals surface area contributed by atoms with Crippen molar-refractivity contribution in [2.24, 2.45) is 5.16 Å². The van der Waals surface area contributed by atoms with Crippen LogP contribution in [0.5, 0.6) is 0 Å². The molecule has 6 N–H and O–H groups in total. The molecular formula is C32H32F2N9NaO8S2. The van der Waals surface area contributed by atoms with E-state index in [9.17, 15) is 34.2 Å². The summed E-state index contributed by atoms with van der Waals surface area (Å²) in [6, 6.07) is -0.946. The van der Waals surface area contributed by atoms with Crippen LogP contribution in [0.1, 0.15) is 41.4 Å². The number of pyridine rings is 1. The van der Waals surface area contributed by atoms with Gasteiger partial charge < -0.3 is 55.9 Å². The molecule has 22 heteroatoms. The Kier molecular flexibility index (Phi) is 11.4. The summed E-state index contributed by atoms with van der Waals surface area (Å²) in [7, 11) is 1.28. The Bertz CT molecular complexity index is 2180. The number of carboxylic acid groups (broad SMARTS) is 2. The number of carbonyl (C=O) groups excluding carboxylic acids is 3. The number of amides is 3. The number of nitrogens with zero attached hydrogens (tertiary/aromatic N) is 5. The van der Waals surface area contributed by atoms with E-state index in [2.05, 4.69) is 26.1 Å². The second-order valence-electron chi connectivity index (χ2n) is 12.9. The van der Waals surface area contributed by atoms with Gasteiger partial charge >= 0.3 is 41.6 Å². The largest absolute Gasteiger partial charge is 1.00 e. The van der Waals surface area contributed by atoms with Crippen molar-refractivity contribution in [1.82, 2.24) is 30.4 Å². The Balaban J connectivity index is 0.00000497. The predicted molar refractivity (Wildman–Crippen MR) is 187 cm³/mol. The number of hydrogen-bond donors (Lipinski definition) is 5. The van der Waals surface area contributed by atoms with E-state index in [1.807, 2.05) is 0 Å². The molecule has 0 radical (unpaired) electrons. The molecular weight excluding hydrogens is 764 g/mol. The van der Waals surface area contributed by atoms with Crippen molar-refractivity contribution in [1.29, 1.82) is 0 Å². The van der Waals surface area contributed by atoms with Gasteiger partial charge in [-0.15, -0.1) is 23.1 Å². The summed E-state index contributed by atoms with van der Waals surface area (Å²) in [6.45, 7) is 0.233. The predicted octanol–water partition coefficient (Wildman–Crippen LogP) is -2.84. The molecule has 17 nitrogen and oxygen atoms in total. The monoisotopic (exact) mass is 795 g/mol. The van der Waals surface area contributed by atoms with Crippen LogP contribution in [0.15, 0.2) is 38.9 Å². The number of aromatic carboxylic acids is 1. The Hall–Kier alpha value is -4.44. The van der Waals surface area contributed by atoms with Crippen LogP contribution in [-0.2, 0) is 14.4 Å². The van der Waals surface area contributed by atoms with E-state index in [4.69, 9.17) is 10.6 Å². The maximum atomic E-state index is 16.1. The number of nitrogens with one attached hydrogen (secondary N) is 3. The quantitative estimate of drug-likeness (QED) is 0.0749. The second-order valence-corrected chi connectivity index (χ2v) is 14.9. The summed E-state index contributed by atoms with van der Waals surface area (Å²) in [5.74, 6) is -5.29. The van der Waals surface area contributed by atoms with E-state index in [-0.39, 0.29) is 106 Å². The molecule has 280 valence electrons. The summed E-state index contributed by atoms with van der Waals surface area (Å²) in [4.78, 5) is 74.5. The number of anilines is 2. The van der Waals surface area contributed by atoms with Gasteiger partial charge in [-0.05, 0) is 30.9 Å². The number of hydrogen-bond acceptors (Lipinski definition) is 14. The van der Waals surface area contributed by atoms with E-state index in [1.165, 1.54) is 28.3 Å². The smallest absolute Gasteiger partial charge is 0.543 e. The summed E-state index contributed by atoms with van der Waals surface area (Å²) in [6.07, 6.45) is 2.75. The van der Waals surface area contributed by atoms with Gasteiger partial charge in [-0.1, -0.05) is 5.16 Å². The van der Waals surface area contributed by atoms with E-state index < -0.39 is 64.0 Å². The SMILES string of the molecule is CON=C(C(=O)NC1CN2C(C(=O)[O-])=C(CNC(=O)NC3CCN(c4c(F)cc5c(=O)c(C(=O)O)cn(C6CC6)c5c4F)C3)CSC12)c1csc(N)n1.[Na+]. The number of carbonyl (C=O) groups is 4. The third-order valence-corrected chi connectivity index (χ3v) is 11.5. The van der Waals surface area contributed by atoms with Crippen LogP contribution in [-0.4, -0.2) is 106 Å². The summed E-state index contributed by atoms with van der Waals surface area (Å²) in [5, 5.41) is 34.7. The molecule has 1 aromatic carbocycles. The number of nitrogen functional groups attached to an aromatic ring is 1. The van der Waals surface area contributed by atoms with Crippen molar-refractivity contribution in [3.8, 4) is 0 Å². The van der Waals surface area contributed by atoms with Crippen LogP contribution in [0.3, 0.4) is 0 Å². The van der Waals surface area contributed by atoms with Gasteiger partial charge in [0.05, 0.1) is 34.0 Å². The summed E-state index contributed by atoms with van der Waals surface area (Å²) < 4.78 is 32.9. The van der Waals surface area contributed by atoms with Gasteiger partial charge in [-0.25, -0.2) is 23.4 Å². The number of fused-ring (bicyclic) bond motifs is 2. The van der Waals surface area contributed by atoms with E-state index in [0.29, 0.717) is 24.8 Å². The Morgan fingerprint density at radius 3 is 2.59 bits per heavy atom. The van der Waals surface area contributed by atoms with Crippen molar-refractivity contribution < 1.29 is 72.6 Å². The minimum Gasteiger partial charge on any atom is -0.543 e. The standard InChI is InChI=1S/C32H33F2N9O8S2.Na/c1-51-40-22(20-12-53-31(35)39-20)27(45)38-19-10-43-23(30(48)49)13(11-52-28(19)43)7-36-32(50)37-14-4-5-41(8-14)25-18(33)6-16-24(21(25)34)42(15-2-3-15)9-17(26(16)44)29(46)47;/h6,9,12,14-15,19,28H,2-5,7-8,10-11H2,1H3,(H2,35,39)(H,38,45)(H,46,47)(H,48,49)(H2,36,37,50);/q;+1/p-1. The minimum atomic E-state index is -1.49. The fraction of sp³-hybridized carbons (Fsp3) is 0.406. The number of carboxylic acids is 2. The molecule has 0 bridgehead atoms. The first-order chi connectivity index (χ1) is 25.4. The number of benzene rings is 1. The first-order valence-corrected chi connectivity index (χ1v) is 18.3. The number of thioether (sulfide) groups is 1. The maximum absolute atomic E-state index is 16.1. The topological polar surface area (TPSA) is 237 Å². The number of nitrogens with two attached hydrogens (primary N) is 1. The van der Waals surface area contributed by atoms with E-state index in [1.54, 1.807) is 10.3 Å². The Morgan fingerprint density at radius 1 is 1.19 bits per heavy atom. The summed E-state index contributed by atoms with van der Waals surface area (Å²) >= 11 is 2.50. The van der Waals surface area contributed by atoms with Crippen molar-refractivity contribution in [2.45, 2.75) is 42.8 Å². The molecule has 3 aliphatic heterocycles. The van der Waals surface area contributed by atoms with Gasteiger partial charge in [0, 0.05) is 55.6 Å². The van der Waals surface area contributed by atoms with Gasteiger partial charge in [0.1, 0.15) is 29.9 Å². The normalized spacial score (nSPS) is 20.9. The zero-order valence-electron chi connectivity index (χ0n) is 28.9. The third-order valence-electron chi connectivity index (χ3n) is 9.42. The van der Waals surface area contributed by atoms with Crippen molar-refractivity contribution in [3.05, 3.63) is 62.0 Å². The first kappa shape index (κ1) is 39.3. The molecule has 4 aliphatic rings. The maximum Gasteiger partial charge on any atom is 1.00 e. The van der Waals surface area contributed by atoms with Gasteiger partial charge in [-0.3, -0.25) is 9.59 Å². The molecule has 2 aromatic heterocycles. The molecule has 1 aliphatic carbocycles. The number of oxime groups is 1. The summed E-state index contributed by atoms with van der Waals surface area (Å²) in [5.41, 5.74) is 4.05. The average Bonchev–Trinajstić information content (AvgIpc) is 3.70. The molecule has 3 aromatic rings. The van der Waals surface area contributed by atoms with Crippen LogP contribution in [0.4, 0.5) is 24.4 Å². The van der Waals surface area contributed by atoms with E-state index in [0.717, 1.165) is 23.6 Å². The minimum absolute atomic E-state index is 0. The van der Waals surface area contributed by atoms with Crippen LogP contribution >= 0.6 is 23.1 Å².